The maximum Gasteiger partial charge on any atom is 0.0735 e. The van der Waals surface area contributed by atoms with Crippen LogP contribution < -0.4 is 10.9 Å². The molecule has 2 aliphatic heterocycles. The van der Waals surface area contributed by atoms with Crippen molar-refractivity contribution in [2.75, 3.05) is 19.6 Å². The van der Waals surface area contributed by atoms with Crippen LogP contribution >= 0.6 is 11.3 Å². The summed E-state index contributed by atoms with van der Waals surface area (Å²) in [6.07, 6.45) is 7.48. The van der Waals surface area contributed by atoms with Gasteiger partial charge in [0.05, 0.1) is 18.8 Å². The number of pyridine rings is 1. The van der Waals surface area contributed by atoms with Crippen LogP contribution in [0.15, 0.2) is 36.7 Å². The van der Waals surface area contributed by atoms with E-state index in [2.05, 4.69) is 38.9 Å². The number of piperidine rings is 1. The van der Waals surface area contributed by atoms with E-state index < -0.39 is 0 Å². The molecule has 0 aromatic carbocycles. The van der Waals surface area contributed by atoms with Gasteiger partial charge in [0.25, 0.3) is 0 Å². The molecule has 2 aliphatic rings. The van der Waals surface area contributed by atoms with Crippen LogP contribution in [-0.4, -0.2) is 35.6 Å². The fourth-order valence-corrected chi connectivity index (χ4v) is 4.66. The number of likely N-dealkylation sites (tertiary alicyclic amines) is 1. The third-order valence-corrected chi connectivity index (χ3v) is 6.17. The Labute approximate surface area is 153 Å². The molecule has 5 nitrogen and oxygen atoms in total. The molecule has 4 rings (SSSR count). The van der Waals surface area contributed by atoms with Crippen LogP contribution in [0, 0.1) is 0 Å². The van der Waals surface area contributed by atoms with E-state index in [0.717, 1.165) is 44.6 Å². The number of nitrogens with zero attached hydrogens (tertiary/aromatic N) is 2. The van der Waals surface area contributed by atoms with Crippen LogP contribution in [0.2, 0.25) is 0 Å². The summed E-state index contributed by atoms with van der Waals surface area (Å²) in [7, 11) is 0. The molecule has 0 saturated carbocycles. The third kappa shape index (κ3) is 4.65. The first-order valence-corrected chi connectivity index (χ1v) is 9.98. The molecule has 2 N–H and O–H groups in total. The minimum absolute atomic E-state index is 0.379. The first-order valence-electron chi connectivity index (χ1n) is 9.17. The highest BCUT2D eigenvalue weighted by atomic mass is 32.1. The summed E-state index contributed by atoms with van der Waals surface area (Å²) in [5.41, 5.74) is 7.73. The summed E-state index contributed by atoms with van der Waals surface area (Å²) in [6, 6.07) is 9.11. The summed E-state index contributed by atoms with van der Waals surface area (Å²) in [5, 5.41) is 0. The zero-order chi connectivity index (χ0) is 16.9. The van der Waals surface area contributed by atoms with Crippen LogP contribution in [0.3, 0.4) is 0 Å². The number of hydrazine groups is 1. The first kappa shape index (κ1) is 17.1. The molecule has 0 bridgehead atoms. The van der Waals surface area contributed by atoms with Gasteiger partial charge in [0.1, 0.15) is 0 Å². The summed E-state index contributed by atoms with van der Waals surface area (Å²) < 4.78 is 6.06. The largest absolute Gasteiger partial charge is 0.373 e. The zero-order valence-corrected chi connectivity index (χ0v) is 15.3. The molecular formula is C19H26N4OS. The van der Waals surface area contributed by atoms with Gasteiger partial charge in [-0.2, -0.15) is 0 Å². The fourth-order valence-electron chi connectivity index (χ4n) is 3.52. The number of nitrogens with one attached hydrogen (secondary N) is 2. The van der Waals surface area contributed by atoms with E-state index in [4.69, 9.17) is 4.74 Å². The summed E-state index contributed by atoms with van der Waals surface area (Å²) in [6.45, 7) is 5.04. The first-order chi connectivity index (χ1) is 12.4. The van der Waals surface area contributed by atoms with Crippen LogP contribution in [0.5, 0.6) is 0 Å². The second-order valence-corrected chi connectivity index (χ2v) is 8.06. The molecule has 1 unspecified atom stereocenters. The van der Waals surface area contributed by atoms with E-state index in [1.807, 2.05) is 23.6 Å². The molecular weight excluding hydrogens is 332 g/mol. The molecule has 0 amide bonds. The van der Waals surface area contributed by atoms with Crippen molar-refractivity contribution in [1.29, 1.82) is 0 Å². The van der Waals surface area contributed by atoms with Gasteiger partial charge in [-0.15, -0.1) is 11.3 Å². The lowest BCUT2D eigenvalue weighted by Gasteiger charge is -2.31. The lowest BCUT2D eigenvalue weighted by molar-refractivity contribution is -0.00386. The Balaban J connectivity index is 1.21. The van der Waals surface area contributed by atoms with Gasteiger partial charge in [0.2, 0.25) is 0 Å². The van der Waals surface area contributed by atoms with Crippen molar-refractivity contribution in [3.05, 3.63) is 52.0 Å². The number of rotatable bonds is 6. The average Bonchev–Trinajstić information content (AvgIpc) is 3.34. The van der Waals surface area contributed by atoms with Gasteiger partial charge in [-0.3, -0.25) is 15.3 Å². The predicted molar refractivity (Wildman–Crippen MR) is 100 cm³/mol. The molecule has 2 fully saturated rings. The minimum atomic E-state index is 0.379. The van der Waals surface area contributed by atoms with E-state index in [1.54, 1.807) is 6.20 Å². The standard InChI is InChI=1S/C19H26N4OS/c1-2-15(12-20-8-1)14-24-16-6-10-23(11-7-16)13-17-3-4-19(25-17)18-5-9-21-22-18/h1-4,8,12,16,18,21-22H,5-7,9-11,13-14H2. The third-order valence-electron chi connectivity index (χ3n) is 4.98. The molecule has 2 aromatic heterocycles. The van der Waals surface area contributed by atoms with Crippen molar-refractivity contribution in [1.82, 2.24) is 20.7 Å². The van der Waals surface area contributed by atoms with Crippen LogP contribution in [0.4, 0.5) is 0 Å². The maximum atomic E-state index is 6.06. The summed E-state index contributed by atoms with van der Waals surface area (Å²) in [4.78, 5) is 9.62. The second kappa shape index (κ2) is 8.38. The summed E-state index contributed by atoms with van der Waals surface area (Å²) in [5.74, 6) is 0. The van der Waals surface area contributed by atoms with Gasteiger partial charge in [-0.25, -0.2) is 5.43 Å². The molecule has 25 heavy (non-hydrogen) atoms. The highest BCUT2D eigenvalue weighted by Gasteiger charge is 2.22. The number of ether oxygens (including phenoxy) is 1. The monoisotopic (exact) mass is 358 g/mol. The van der Waals surface area contributed by atoms with Crippen molar-refractivity contribution < 1.29 is 4.74 Å². The van der Waals surface area contributed by atoms with Gasteiger partial charge in [0.15, 0.2) is 0 Å². The van der Waals surface area contributed by atoms with Gasteiger partial charge in [-0.1, -0.05) is 6.07 Å². The van der Waals surface area contributed by atoms with E-state index in [0.29, 0.717) is 18.8 Å². The lowest BCUT2D eigenvalue weighted by Crippen LogP contribution is -2.36. The molecule has 6 heteroatoms. The lowest BCUT2D eigenvalue weighted by atomic mass is 10.1. The Morgan fingerprint density at radius 2 is 2.12 bits per heavy atom. The smallest absolute Gasteiger partial charge is 0.0735 e. The molecule has 0 radical (unpaired) electrons. The van der Waals surface area contributed by atoms with Gasteiger partial charge in [-0.05, 0) is 43.0 Å². The molecule has 4 heterocycles. The Morgan fingerprint density at radius 1 is 1.20 bits per heavy atom. The number of aromatic nitrogens is 1. The van der Waals surface area contributed by atoms with Gasteiger partial charge >= 0.3 is 0 Å². The van der Waals surface area contributed by atoms with E-state index >= 15 is 0 Å². The molecule has 1 atom stereocenters. The molecule has 0 aliphatic carbocycles. The Kier molecular flexibility index (Phi) is 5.74. The molecule has 2 saturated heterocycles. The van der Waals surface area contributed by atoms with Crippen molar-refractivity contribution in [3.8, 4) is 0 Å². The second-order valence-electron chi connectivity index (χ2n) is 6.86. The normalized spacial score (nSPS) is 22.5. The fraction of sp³-hybridized carbons (Fsp3) is 0.526. The van der Waals surface area contributed by atoms with Crippen LogP contribution in [0.25, 0.3) is 0 Å². The van der Waals surface area contributed by atoms with E-state index in [9.17, 15) is 0 Å². The highest BCUT2D eigenvalue weighted by Crippen LogP contribution is 2.28. The highest BCUT2D eigenvalue weighted by molar-refractivity contribution is 7.12. The van der Waals surface area contributed by atoms with E-state index in [1.165, 1.54) is 16.2 Å². The molecule has 0 spiro atoms. The number of hydrogen-bond donors (Lipinski definition) is 2. The van der Waals surface area contributed by atoms with Crippen molar-refractivity contribution in [3.63, 3.8) is 0 Å². The Hall–Kier alpha value is -1.31. The van der Waals surface area contributed by atoms with Crippen LogP contribution in [0.1, 0.15) is 40.6 Å². The van der Waals surface area contributed by atoms with Crippen molar-refractivity contribution in [2.24, 2.45) is 0 Å². The maximum absolute atomic E-state index is 6.06. The van der Waals surface area contributed by atoms with Gasteiger partial charge < -0.3 is 4.74 Å². The van der Waals surface area contributed by atoms with Crippen molar-refractivity contribution >= 4 is 11.3 Å². The molecule has 2 aromatic rings. The Bertz CT molecular complexity index is 648. The molecule has 134 valence electrons. The minimum Gasteiger partial charge on any atom is -0.373 e. The topological polar surface area (TPSA) is 49.4 Å². The summed E-state index contributed by atoms with van der Waals surface area (Å²) >= 11 is 1.95. The van der Waals surface area contributed by atoms with Gasteiger partial charge in [0, 0.05) is 48.3 Å². The van der Waals surface area contributed by atoms with Crippen LogP contribution in [-0.2, 0) is 17.9 Å². The predicted octanol–water partition coefficient (Wildman–Crippen LogP) is 2.86. The Morgan fingerprint density at radius 3 is 2.88 bits per heavy atom. The average molecular weight is 359 g/mol. The number of thiophene rings is 1. The van der Waals surface area contributed by atoms with E-state index in [-0.39, 0.29) is 0 Å². The zero-order valence-electron chi connectivity index (χ0n) is 14.5. The number of hydrogen-bond acceptors (Lipinski definition) is 6. The quantitative estimate of drug-likeness (QED) is 0.832. The SMILES string of the molecule is c1cncc(COC2CCN(Cc3ccc(C4CCNN4)s3)CC2)c1. The van der Waals surface area contributed by atoms with Crippen molar-refractivity contribution in [2.45, 2.75) is 44.6 Å².